The van der Waals surface area contributed by atoms with E-state index in [-0.39, 0.29) is 5.91 Å². The Hall–Kier alpha value is -0.980. The van der Waals surface area contributed by atoms with Crippen molar-refractivity contribution in [1.29, 1.82) is 0 Å². The predicted octanol–water partition coefficient (Wildman–Crippen LogP) is 3.21. The molecule has 0 atom stereocenters. The van der Waals surface area contributed by atoms with Gasteiger partial charge in [0.05, 0.1) is 0 Å². The lowest BCUT2D eigenvalue weighted by molar-refractivity contribution is 0.102. The van der Waals surface area contributed by atoms with Crippen LogP contribution in [0.1, 0.15) is 10.4 Å². The van der Waals surface area contributed by atoms with Crippen molar-refractivity contribution in [3.8, 4) is 0 Å². The Labute approximate surface area is 109 Å². The number of aromatic nitrogens is 2. The van der Waals surface area contributed by atoms with Crippen LogP contribution < -0.4 is 5.32 Å². The number of halogens is 2. The van der Waals surface area contributed by atoms with Crippen LogP contribution in [0.2, 0.25) is 5.02 Å². The number of hydrogen-bond acceptors (Lipinski definition) is 4. The maximum Gasteiger partial charge on any atom is 0.257 e. The Morgan fingerprint density at radius 3 is 2.88 bits per heavy atom. The average molecular weight is 319 g/mol. The van der Waals surface area contributed by atoms with Crippen molar-refractivity contribution in [3.05, 3.63) is 38.8 Å². The van der Waals surface area contributed by atoms with Gasteiger partial charge < -0.3 is 0 Å². The molecule has 4 nitrogen and oxygen atoms in total. The lowest BCUT2D eigenvalue weighted by Crippen LogP contribution is -2.11. The molecule has 2 rings (SSSR count). The zero-order valence-electron chi connectivity index (χ0n) is 7.78. The highest BCUT2D eigenvalue weighted by molar-refractivity contribution is 9.10. The highest BCUT2D eigenvalue weighted by Crippen LogP contribution is 2.20. The number of carbonyl (C=O) groups excluding carboxylic acids is 1. The minimum Gasteiger partial charge on any atom is -0.296 e. The molecule has 1 N–H and O–H groups in total. The molecule has 0 bridgehead atoms. The quantitative estimate of drug-likeness (QED) is 0.925. The molecular formula is C9H5BrClN3OS. The summed E-state index contributed by atoms with van der Waals surface area (Å²) in [6.45, 7) is 0. The molecule has 2 aromatic rings. The molecule has 0 aliphatic rings. The number of carbonyl (C=O) groups is 1. The summed E-state index contributed by atoms with van der Waals surface area (Å²) in [5.74, 6) is -0.264. The summed E-state index contributed by atoms with van der Waals surface area (Å²) >= 11 is 10.4. The van der Waals surface area contributed by atoms with Crippen LogP contribution in [0.15, 0.2) is 28.2 Å². The van der Waals surface area contributed by atoms with Crippen molar-refractivity contribution in [2.45, 2.75) is 0 Å². The fraction of sp³-hybridized carbons (Fsp3) is 0. The highest BCUT2D eigenvalue weighted by Gasteiger charge is 2.09. The molecule has 1 aromatic heterocycles. The van der Waals surface area contributed by atoms with Crippen molar-refractivity contribution in [2.24, 2.45) is 0 Å². The van der Waals surface area contributed by atoms with Gasteiger partial charge in [0.25, 0.3) is 5.91 Å². The minimum atomic E-state index is -0.264. The summed E-state index contributed by atoms with van der Waals surface area (Å²) in [7, 11) is 0. The predicted molar refractivity (Wildman–Crippen MR) is 67.0 cm³/mol. The van der Waals surface area contributed by atoms with Crippen molar-refractivity contribution in [3.63, 3.8) is 0 Å². The van der Waals surface area contributed by atoms with Gasteiger partial charge in [0.1, 0.15) is 5.51 Å². The number of nitrogens with zero attached hydrogens (tertiary/aromatic N) is 2. The van der Waals surface area contributed by atoms with Crippen LogP contribution >= 0.6 is 38.9 Å². The van der Waals surface area contributed by atoms with E-state index in [1.807, 2.05) is 0 Å². The van der Waals surface area contributed by atoms with Gasteiger partial charge in [0, 0.05) is 15.1 Å². The highest BCUT2D eigenvalue weighted by atomic mass is 79.9. The fourth-order valence-electron chi connectivity index (χ4n) is 1.08. The van der Waals surface area contributed by atoms with Crippen LogP contribution in [-0.4, -0.2) is 16.1 Å². The minimum absolute atomic E-state index is 0.264. The van der Waals surface area contributed by atoms with Gasteiger partial charge in [-0.1, -0.05) is 38.9 Å². The number of anilines is 1. The third-order valence-corrected chi connectivity index (χ3v) is 2.99. The molecule has 1 aromatic carbocycles. The van der Waals surface area contributed by atoms with Crippen LogP contribution in [0.3, 0.4) is 0 Å². The van der Waals surface area contributed by atoms with E-state index in [4.69, 9.17) is 11.6 Å². The Kier molecular flexibility index (Phi) is 3.52. The number of amides is 1. The van der Waals surface area contributed by atoms with Crippen LogP contribution in [-0.2, 0) is 0 Å². The fourth-order valence-corrected chi connectivity index (χ4v) is 2.38. The SMILES string of the molecule is O=C(Nc1nncs1)c1cc(Cl)cc(Br)c1. The molecule has 16 heavy (non-hydrogen) atoms. The van der Waals surface area contributed by atoms with Crippen molar-refractivity contribution in [2.75, 3.05) is 5.32 Å². The molecule has 7 heteroatoms. The summed E-state index contributed by atoms with van der Waals surface area (Å²) in [6, 6.07) is 4.98. The van der Waals surface area contributed by atoms with E-state index in [0.717, 1.165) is 4.47 Å². The molecule has 0 aliphatic heterocycles. The maximum atomic E-state index is 11.8. The van der Waals surface area contributed by atoms with E-state index < -0.39 is 0 Å². The van der Waals surface area contributed by atoms with Gasteiger partial charge >= 0.3 is 0 Å². The number of benzene rings is 1. The van der Waals surface area contributed by atoms with Crippen LogP contribution in [0.25, 0.3) is 0 Å². The van der Waals surface area contributed by atoms with Crippen molar-refractivity contribution < 1.29 is 4.79 Å². The smallest absolute Gasteiger partial charge is 0.257 e. The molecule has 0 aliphatic carbocycles. The van der Waals surface area contributed by atoms with Gasteiger partial charge in [-0.15, -0.1) is 10.2 Å². The Balaban J connectivity index is 2.21. The largest absolute Gasteiger partial charge is 0.296 e. The van der Waals surface area contributed by atoms with Crippen LogP contribution in [0.5, 0.6) is 0 Å². The van der Waals surface area contributed by atoms with Gasteiger partial charge in [-0.25, -0.2) is 0 Å². The third kappa shape index (κ3) is 2.78. The molecule has 82 valence electrons. The van der Waals surface area contributed by atoms with Crippen LogP contribution in [0, 0.1) is 0 Å². The topological polar surface area (TPSA) is 54.9 Å². The summed E-state index contributed by atoms with van der Waals surface area (Å²) < 4.78 is 0.752. The maximum absolute atomic E-state index is 11.8. The zero-order chi connectivity index (χ0) is 11.5. The normalized spacial score (nSPS) is 10.1. The monoisotopic (exact) mass is 317 g/mol. The van der Waals surface area contributed by atoms with Crippen LogP contribution in [0.4, 0.5) is 5.13 Å². The van der Waals surface area contributed by atoms with E-state index in [1.165, 1.54) is 11.3 Å². The zero-order valence-corrected chi connectivity index (χ0v) is 10.9. The molecule has 0 saturated carbocycles. The molecule has 1 heterocycles. The first-order valence-electron chi connectivity index (χ1n) is 4.19. The van der Waals surface area contributed by atoms with Crippen molar-refractivity contribution in [1.82, 2.24) is 10.2 Å². The van der Waals surface area contributed by atoms with E-state index >= 15 is 0 Å². The van der Waals surface area contributed by atoms with Crippen molar-refractivity contribution >= 4 is 49.9 Å². The first-order chi connectivity index (χ1) is 7.65. The molecule has 0 saturated heterocycles. The summed E-state index contributed by atoms with van der Waals surface area (Å²) in [5.41, 5.74) is 2.01. The van der Waals surface area contributed by atoms with E-state index in [0.29, 0.717) is 15.7 Å². The first-order valence-corrected chi connectivity index (χ1v) is 6.24. The van der Waals surface area contributed by atoms with E-state index in [1.54, 1.807) is 23.7 Å². The number of rotatable bonds is 2. The van der Waals surface area contributed by atoms with E-state index in [2.05, 4.69) is 31.4 Å². The summed E-state index contributed by atoms with van der Waals surface area (Å²) in [5, 5.41) is 10.9. The average Bonchev–Trinajstić information content (AvgIpc) is 2.68. The molecular weight excluding hydrogens is 314 g/mol. The molecule has 1 amide bonds. The van der Waals surface area contributed by atoms with Gasteiger partial charge in [-0.05, 0) is 18.2 Å². The molecule has 0 unspecified atom stereocenters. The Morgan fingerprint density at radius 2 is 2.25 bits per heavy atom. The summed E-state index contributed by atoms with van der Waals surface area (Å²) in [4.78, 5) is 11.8. The number of hydrogen-bond donors (Lipinski definition) is 1. The second-order valence-corrected chi connectivity index (χ2v) is 5.04. The lowest BCUT2D eigenvalue weighted by Gasteiger charge is -2.02. The first kappa shape index (κ1) is 11.5. The molecule has 0 spiro atoms. The van der Waals surface area contributed by atoms with Gasteiger partial charge in [-0.2, -0.15) is 0 Å². The van der Waals surface area contributed by atoms with Gasteiger partial charge in [0.15, 0.2) is 0 Å². The summed E-state index contributed by atoms with van der Waals surface area (Å²) in [6.07, 6.45) is 0. The number of nitrogens with one attached hydrogen (secondary N) is 1. The van der Waals surface area contributed by atoms with Gasteiger partial charge in [0.2, 0.25) is 5.13 Å². The van der Waals surface area contributed by atoms with E-state index in [9.17, 15) is 4.79 Å². The molecule has 0 fully saturated rings. The standard InChI is InChI=1S/C9H5BrClN3OS/c10-6-1-5(2-7(11)3-6)8(15)13-9-14-12-4-16-9/h1-4H,(H,13,14,15). The Bertz CT molecular complexity index is 497. The lowest BCUT2D eigenvalue weighted by atomic mass is 10.2. The molecule has 0 radical (unpaired) electrons. The third-order valence-electron chi connectivity index (χ3n) is 1.71. The Morgan fingerprint density at radius 1 is 1.44 bits per heavy atom. The second kappa shape index (κ2) is 4.90. The van der Waals surface area contributed by atoms with Gasteiger partial charge in [-0.3, -0.25) is 10.1 Å². The second-order valence-electron chi connectivity index (χ2n) is 2.86.